The molecular formula is C10H7ClN2O2S2. The Morgan fingerprint density at radius 3 is 3.00 bits per heavy atom. The van der Waals surface area contributed by atoms with Crippen molar-refractivity contribution in [2.24, 2.45) is 0 Å². The lowest BCUT2D eigenvalue weighted by Crippen LogP contribution is -1.99. The number of nitrogens with zero attached hydrogens (tertiary/aromatic N) is 2. The van der Waals surface area contributed by atoms with E-state index in [4.69, 9.17) is 16.7 Å². The third kappa shape index (κ3) is 3.69. The van der Waals surface area contributed by atoms with Crippen LogP contribution >= 0.6 is 34.7 Å². The molecule has 0 amide bonds. The zero-order valence-corrected chi connectivity index (χ0v) is 10.8. The van der Waals surface area contributed by atoms with Crippen LogP contribution in [-0.2, 0) is 11.2 Å². The highest BCUT2D eigenvalue weighted by Gasteiger charge is 2.07. The molecule has 0 saturated heterocycles. The minimum absolute atomic E-state index is 0.0505. The number of carboxylic acids is 1. The standard InChI is InChI=1S/C10H7ClN2O2S2/c11-6-1-2-8(12-4-6)17-10-13-7(5-16-10)3-9(14)15/h1-2,4-5H,3H2,(H,14,15). The van der Waals surface area contributed by atoms with Gasteiger partial charge in [-0.2, -0.15) is 0 Å². The van der Waals surface area contributed by atoms with Gasteiger partial charge in [0.2, 0.25) is 0 Å². The van der Waals surface area contributed by atoms with Gasteiger partial charge in [-0.3, -0.25) is 4.79 Å². The largest absolute Gasteiger partial charge is 0.481 e. The normalized spacial score (nSPS) is 10.4. The zero-order valence-electron chi connectivity index (χ0n) is 8.46. The molecule has 0 aliphatic rings. The topological polar surface area (TPSA) is 63.1 Å². The van der Waals surface area contributed by atoms with E-state index in [0.29, 0.717) is 10.7 Å². The molecule has 17 heavy (non-hydrogen) atoms. The number of rotatable bonds is 4. The molecule has 0 aliphatic carbocycles. The first-order chi connectivity index (χ1) is 8.13. The maximum Gasteiger partial charge on any atom is 0.309 e. The summed E-state index contributed by atoms with van der Waals surface area (Å²) >= 11 is 8.52. The lowest BCUT2D eigenvalue weighted by molar-refractivity contribution is -0.136. The van der Waals surface area contributed by atoms with Crippen molar-refractivity contribution in [3.63, 3.8) is 0 Å². The lowest BCUT2D eigenvalue weighted by atomic mass is 10.3. The van der Waals surface area contributed by atoms with Crippen molar-refractivity contribution >= 4 is 40.7 Å². The quantitative estimate of drug-likeness (QED) is 0.936. The molecule has 2 rings (SSSR count). The monoisotopic (exact) mass is 286 g/mol. The Morgan fingerprint density at radius 1 is 1.53 bits per heavy atom. The first kappa shape index (κ1) is 12.3. The molecule has 0 saturated carbocycles. The molecular weight excluding hydrogens is 280 g/mol. The van der Waals surface area contributed by atoms with Crippen LogP contribution in [0.4, 0.5) is 0 Å². The number of carboxylic acid groups (broad SMARTS) is 1. The van der Waals surface area contributed by atoms with Gasteiger partial charge in [-0.15, -0.1) is 11.3 Å². The van der Waals surface area contributed by atoms with Crippen molar-refractivity contribution in [2.75, 3.05) is 0 Å². The molecule has 0 bridgehead atoms. The number of halogens is 1. The van der Waals surface area contributed by atoms with Crippen molar-refractivity contribution in [3.05, 3.63) is 34.4 Å². The van der Waals surface area contributed by atoms with Gasteiger partial charge in [-0.05, 0) is 23.9 Å². The maximum atomic E-state index is 10.5. The lowest BCUT2D eigenvalue weighted by Gasteiger charge is -1.95. The summed E-state index contributed by atoms with van der Waals surface area (Å²) in [5.74, 6) is -0.878. The molecule has 88 valence electrons. The third-order valence-corrected chi connectivity index (χ3v) is 3.92. The van der Waals surface area contributed by atoms with Crippen LogP contribution in [0, 0.1) is 0 Å². The van der Waals surface area contributed by atoms with Crippen molar-refractivity contribution in [2.45, 2.75) is 15.8 Å². The van der Waals surface area contributed by atoms with Crippen LogP contribution in [0.15, 0.2) is 33.1 Å². The van der Waals surface area contributed by atoms with E-state index < -0.39 is 5.97 Å². The Labute approximate surface area is 111 Å². The Hall–Kier alpha value is -1.11. The van der Waals surface area contributed by atoms with Gasteiger partial charge in [-0.1, -0.05) is 11.6 Å². The molecule has 7 heteroatoms. The second-order valence-corrected chi connectivity index (χ2v) is 5.65. The van der Waals surface area contributed by atoms with E-state index in [2.05, 4.69) is 9.97 Å². The van der Waals surface area contributed by atoms with Gasteiger partial charge in [0.15, 0.2) is 4.34 Å². The number of hydrogen-bond donors (Lipinski definition) is 1. The van der Waals surface area contributed by atoms with Crippen LogP contribution in [0.5, 0.6) is 0 Å². The molecule has 0 aromatic carbocycles. The van der Waals surface area contributed by atoms with E-state index in [9.17, 15) is 4.79 Å². The van der Waals surface area contributed by atoms with E-state index in [1.165, 1.54) is 23.1 Å². The number of thiazole rings is 1. The second-order valence-electron chi connectivity index (χ2n) is 3.09. The number of pyridine rings is 1. The zero-order chi connectivity index (χ0) is 12.3. The van der Waals surface area contributed by atoms with Gasteiger partial charge >= 0.3 is 5.97 Å². The molecule has 0 aliphatic heterocycles. The average Bonchev–Trinajstić information content (AvgIpc) is 2.68. The summed E-state index contributed by atoms with van der Waals surface area (Å²) in [7, 11) is 0. The summed E-state index contributed by atoms with van der Waals surface area (Å²) < 4.78 is 0.774. The number of aromatic nitrogens is 2. The maximum absolute atomic E-state index is 10.5. The van der Waals surface area contributed by atoms with E-state index in [0.717, 1.165) is 9.37 Å². The fourth-order valence-electron chi connectivity index (χ4n) is 1.08. The van der Waals surface area contributed by atoms with E-state index in [1.54, 1.807) is 23.7 Å². The Bertz CT molecular complexity index is 527. The van der Waals surface area contributed by atoms with Crippen LogP contribution in [0.2, 0.25) is 5.02 Å². The van der Waals surface area contributed by atoms with E-state index in [1.807, 2.05) is 0 Å². The second kappa shape index (κ2) is 5.48. The minimum atomic E-state index is -0.878. The summed E-state index contributed by atoms with van der Waals surface area (Å²) in [6.45, 7) is 0. The van der Waals surface area contributed by atoms with Crippen LogP contribution in [-0.4, -0.2) is 21.0 Å². The Kier molecular flexibility index (Phi) is 3.98. The highest BCUT2D eigenvalue weighted by Crippen LogP contribution is 2.29. The number of aliphatic carboxylic acids is 1. The summed E-state index contributed by atoms with van der Waals surface area (Å²) in [5, 5.41) is 11.7. The SMILES string of the molecule is O=C(O)Cc1csc(Sc2ccc(Cl)cn2)n1. The van der Waals surface area contributed by atoms with E-state index in [-0.39, 0.29) is 6.42 Å². The van der Waals surface area contributed by atoms with Crippen molar-refractivity contribution < 1.29 is 9.90 Å². The molecule has 0 radical (unpaired) electrons. The molecule has 4 nitrogen and oxygen atoms in total. The number of hydrogen-bond acceptors (Lipinski definition) is 5. The molecule has 2 aromatic heterocycles. The molecule has 0 fully saturated rings. The molecule has 0 atom stereocenters. The van der Waals surface area contributed by atoms with Crippen LogP contribution in [0.3, 0.4) is 0 Å². The predicted octanol–water partition coefficient (Wildman–Crippen LogP) is 2.97. The fraction of sp³-hybridized carbons (Fsp3) is 0.100. The van der Waals surface area contributed by atoms with Crippen molar-refractivity contribution in [1.29, 1.82) is 0 Å². The first-order valence-corrected chi connectivity index (χ1v) is 6.66. The molecule has 2 aromatic rings. The molecule has 2 heterocycles. The first-order valence-electron chi connectivity index (χ1n) is 4.59. The van der Waals surface area contributed by atoms with Crippen LogP contribution in [0.1, 0.15) is 5.69 Å². The summed E-state index contributed by atoms with van der Waals surface area (Å²) in [4.78, 5) is 18.8. The Balaban J connectivity index is 2.06. The fourth-order valence-corrected chi connectivity index (χ4v) is 2.91. The van der Waals surface area contributed by atoms with Gasteiger partial charge < -0.3 is 5.11 Å². The molecule has 1 N–H and O–H groups in total. The van der Waals surface area contributed by atoms with Gasteiger partial charge in [-0.25, -0.2) is 9.97 Å². The predicted molar refractivity (Wildman–Crippen MR) is 66.8 cm³/mol. The van der Waals surface area contributed by atoms with Gasteiger partial charge in [0.05, 0.1) is 17.1 Å². The van der Waals surface area contributed by atoms with Crippen molar-refractivity contribution in [1.82, 2.24) is 9.97 Å². The third-order valence-electron chi connectivity index (χ3n) is 1.76. The summed E-state index contributed by atoms with van der Waals surface area (Å²) in [6, 6.07) is 3.55. The smallest absolute Gasteiger partial charge is 0.309 e. The summed E-state index contributed by atoms with van der Waals surface area (Å²) in [6.07, 6.45) is 1.51. The highest BCUT2D eigenvalue weighted by molar-refractivity contribution is 8.01. The van der Waals surface area contributed by atoms with E-state index >= 15 is 0 Å². The summed E-state index contributed by atoms with van der Waals surface area (Å²) in [5.41, 5.74) is 0.568. The average molecular weight is 287 g/mol. The Morgan fingerprint density at radius 2 is 2.35 bits per heavy atom. The van der Waals surface area contributed by atoms with Gasteiger partial charge in [0.1, 0.15) is 5.03 Å². The van der Waals surface area contributed by atoms with Gasteiger partial charge in [0.25, 0.3) is 0 Å². The molecule has 0 spiro atoms. The van der Waals surface area contributed by atoms with Crippen molar-refractivity contribution in [3.8, 4) is 0 Å². The highest BCUT2D eigenvalue weighted by atomic mass is 35.5. The van der Waals surface area contributed by atoms with Gasteiger partial charge in [0, 0.05) is 11.6 Å². The number of carbonyl (C=O) groups is 1. The molecule has 0 unspecified atom stereocenters. The minimum Gasteiger partial charge on any atom is -0.481 e. The van der Waals surface area contributed by atoms with Crippen LogP contribution < -0.4 is 0 Å². The van der Waals surface area contributed by atoms with Crippen LogP contribution in [0.25, 0.3) is 0 Å².